The number of piperidine rings is 1. The summed E-state index contributed by atoms with van der Waals surface area (Å²) in [6.07, 6.45) is 1.38. The van der Waals surface area contributed by atoms with E-state index in [4.69, 9.17) is 11.6 Å². The highest BCUT2D eigenvalue weighted by molar-refractivity contribution is 7.88. The SMILES string of the molecule is Cc1ccc(CNC(=O)[C@H]2CCCN(S(=O)(=O)Cc3ccc(Cl)cc3)C2)cc1. The first-order valence-electron chi connectivity index (χ1n) is 9.39. The molecule has 2 aromatic rings. The zero-order valence-electron chi connectivity index (χ0n) is 15.9. The van der Waals surface area contributed by atoms with Crippen molar-refractivity contribution >= 4 is 27.5 Å². The van der Waals surface area contributed by atoms with Crippen LogP contribution in [0.25, 0.3) is 0 Å². The maximum atomic E-state index is 12.8. The molecular weight excluding hydrogens is 396 g/mol. The van der Waals surface area contributed by atoms with Gasteiger partial charge in [-0.3, -0.25) is 4.79 Å². The molecule has 1 saturated heterocycles. The van der Waals surface area contributed by atoms with Gasteiger partial charge in [0.1, 0.15) is 0 Å². The molecule has 1 aliphatic rings. The summed E-state index contributed by atoms with van der Waals surface area (Å²) in [4.78, 5) is 12.6. The predicted octanol–water partition coefficient (Wildman–Crippen LogP) is 3.51. The van der Waals surface area contributed by atoms with Crippen molar-refractivity contribution in [2.45, 2.75) is 32.1 Å². The first kappa shape index (κ1) is 20.8. The number of rotatable bonds is 6. The highest BCUT2D eigenvalue weighted by atomic mass is 35.5. The van der Waals surface area contributed by atoms with E-state index < -0.39 is 10.0 Å². The van der Waals surface area contributed by atoms with Crippen molar-refractivity contribution in [3.63, 3.8) is 0 Å². The lowest BCUT2D eigenvalue weighted by Crippen LogP contribution is -2.45. The lowest BCUT2D eigenvalue weighted by molar-refractivity contribution is -0.126. The van der Waals surface area contributed by atoms with E-state index in [-0.39, 0.29) is 24.1 Å². The van der Waals surface area contributed by atoms with Gasteiger partial charge in [0.15, 0.2) is 0 Å². The van der Waals surface area contributed by atoms with E-state index in [1.54, 1.807) is 24.3 Å². The van der Waals surface area contributed by atoms with Crippen molar-refractivity contribution in [1.82, 2.24) is 9.62 Å². The summed E-state index contributed by atoms with van der Waals surface area (Å²) in [6, 6.07) is 14.8. The Morgan fingerprint density at radius 3 is 2.43 bits per heavy atom. The van der Waals surface area contributed by atoms with E-state index >= 15 is 0 Å². The first-order chi connectivity index (χ1) is 13.3. The maximum absolute atomic E-state index is 12.8. The van der Waals surface area contributed by atoms with Crippen molar-refractivity contribution in [3.05, 3.63) is 70.2 Å². The topological polar surface area (TPSA) is 66.5 Å². The Kier molecular flexibility index (Phi) is 6.75. The van der Waals surface area contributed by atoms with Crippen molar-refractivity contribution in [2.75, 3.05) is 13.1 Å². The molecule has 1 fully saturated rings. The summed E-state index contributed by atoms with van der Waals surface area (Å²) >= 11 is 5.86. The molecular formula is C21H25ClN2O3S. The second kappa shape index (κ2) is 9.07. The summed E-state index contributed by atoms with van der Waals surface area (Å²) in [5.74, 6) is -0.492. The number of aryl methyl sites for hydroxylation is 1. The quantitative estimate of drug-likeness (QED) is 0.777. The lowest BCUT2D eigenvalue weighted by Gasteiger charge is -2.31. The average molecular weight is 421 g/mol. The number of hydrogen-bond donors (Lipinski definition) is 1. The van der Waals surface area contributed by atoms with Crippen LogP contribution in [0.4, 0.5) is 0 Å². The molecule has 28 heavy (non-hydrogen) atoms. The molecule has 1 amide bonds. The number of halogens is 1. The molecule has 5 nitrogen and oxygen atoms in total. The third kappa shape index (κ3) is 5.56. The van der Waals surface area contributed by atoms with E-state index in [0.717, 1.165) is 5.56 Å². The van der Waals surface area contributed by atoms with Gasteiger partial charge in [0.05, 0.1) is 11.7 Å². The Labute approximate surface area is 171 Å². The van der Waals surface area contributed by atoms with Crippen LogP contribution in [0.3, 0.4) is 0 Å². The molecule has 2 aromatic carbocycles. The minimum atomic E-state index is -3.48. The molecule has 1 N–H and O–H groups in total. The van der Waals surface area contributed by atoms with Crippen molar-refractivity contribution < 1.29 is 13.2 Å². The van der Waals surface area contributed by atoms with Gasteiger partial charge in [-0.15, -0.1) is 0 Å². The zero-order valence-corrected chi connectivity index (χ0v) is 17.5. The minimum Gasteiger partial charge on any atom is -0.352 e. The lowest BCUT2D eigenvalue weighted by atomic mass is 9.98. The number of carbonyl (C=O) groups is 1. The monoisotopic (exact) mass is 420 g/mol. The summed E-state index contributed by atoms with van der Waals surface area (Å²) < 4.78 is 27.0. The van der Waals surface area contributed by atoms with Gasteiger partial charge in [-0.05, 0) is 43.0 Å². The average Bonchev–Trinajstić information content (AvgIpc) is 2.69. The van der Waals surface area contributed by atoms with Crippen LogP contribution in [0.2, 0.25) is 5.02 Å². The first-order valence-corrected chi connectivity index (χ1v) is 11.4. The van der Waals surface area contributed by atoms with Gasteiger partial charge < -0.3 is 5.32 Å². The predicted molar refractivity (Wildman–Crippen MR) is 111 cm³/mol. The molecule has 1 aliphatic heterocycles. The van der Waals surface area contributed by atoms with Crippen LogP contribution in [0.5, 0.6) is 0 Å². The number of sulfonamides is 1. The summed E-state index contributed by atoms with van der Waals surface area (Å²) in [6.45, 7) is 3.16. The molecule has 1 heterocycles. The highest BCUT2D eigenvalue weighted by Crippen LogP contribution is 2.22. The molecule has 150 valence electrons. The van der Waals surface area contributed by atoms with Crippen LogP contribution in [0.1, 0.15) is 29.5 Å². The molecule has 0 radical (unpaired) electrons. The van der Waals surface area contributed by atoms with E-state index in [2.05, 4.69) is 5.32 Å². The van der Waals surface area contributed by atoms with Gasteiger partial charge in [0.2, 0.25) is 15.9 Å². The van der Waals surface area contributed by atoms with Gasteiger partial charge in [-0.25, -0.2) is 12.7 Å². The molecule has 3 rings (SSSR count). The number of carbonyl (C=O) groups excluding carboxylic acids is 1. The Hall–Kier alpha value is -1.89. The summed E-state index contributed by atoms with van der Waals surface area (Å²) in [7, 11) is -3.48. The molecule has 0 bridgehead atoms. The number of nitrogens with zero attached hydrogens (tertiary/aromatic N) is 1. The fourth-order valence-electron chi connectivity index (χ4n) is 3.33. The van der Waals surface area contributed by atoms with Crippen LogP contribution in [0, 0.1) is 12.8 Å². The molecule has 0 spiro atoms. The molecule has 0 unspecified atom stereocenters. The smallest absolute Gasteiger partial charge is 0.224 e. The highest BCUT2D eigenvalue weighted by Gasteiger charge is 2.32. The number of amides is 1. The third-order valence-electron chi connectivity index (χ3n) is 5.00. The fourth-order valence-corrected chi connectivity index (χ4v) is 5.07. The number of nitrogens with one attached hydrogen (secondary N) is 1. The largest absolute Gasteiger partial charge is 0.352 e. The molecule has 0 saturated carbocycles. The van der Waals surface area contributed by atoms with Crippen molar-refractivity contribution in [3.8, 4) is 0 Å². The van der Waals surface area contributed by atoms with Crippen molar-refractivity contribution in [1.29, 1.82) is 0 Å². The van der Waals surface area contributed by atoms with Crippen molar-refractivity contribution in [2.24, 2.45) is 5.92 Å². The molecule has 1 atom stereocenters. The van der Waals surface area contributed by atoms with E-state index in [0.29, 0.717) is 36.5 Å². The van der Waals surface area contributed by atoms with Gasteiger partial charge in [-0.1, -0.05) is 53.6 Å². The zero-order chi connectivity index (χ0) is 20.1. The normalized spacial score (nSPS) is 18.0. The minimum absolute atomic E-state index is 0.0815. The molecule has 7 heteroatoms. The third-order valence-corrected chi connectivity index (χ3v) is 7.07. The van der Waals surface area contributed by atoms with Crippen LogP contribution in [0.15, 0.2) is 48.5 Å². The maximum Gasteiger partial charge on any atom is 0.224 e. The Bertz CT molecular complexity index is 912. The van der Waals surface area contributed by atoms with Crippen LogP contribution in [-0.4, -0.2) is 31.7 Å². The van der Waals surface area contributed by atoms with Gasteiger partial charge in [-0.2, -0.15) is 0 Å². The number of benzene rings is 2. The number of hydrogen-bond acceptors (Lipinski definition) is 3. The molecule has 0 aromatic heterocycles. The second-order valence-corrected chi connectivity index (χ2v) is 9.69. The standard InChI is InChI=1S/C21H25ClN2O3S/c1-16-4-6-17(7-5-16)13-23-21(25)19-3-2-12-24(14-19)28(26,27)15-18-8-10-20(22)11-9-18/h4-11,19H,2-3,12-15H2,1H3,(H,23,25)/t19-/m0/s1. The summed E-state index contributed by atoms with van der Waals surface area (Å²) in [5, 5.41) is 3.51. The van der Waals surface area contributed by atoms with Gasteiger partial charge in [0.25, 0.3) is 0 Å². The van der Waals surface area contributed by atoms with Gasteiger partial charge >= 0.3 is 0 Å². The molecule has 0 aliphatic carbocycles. The Balaban J connectivity index is 1.58. The Morgan fingerprint density at radius 2 is 1.75 bits per heavy atom. The second-order valence-electron chi connectivity index (χ2n) is 7.28. The van der Waals surface area contributed by atoms with Crippen LogP contribution in [-0.2, 0) is 27.1 Å². The van der Waals surface area contributed by atoms with E-state index in [1.807, 2.05) is 31.2 Å². The Morgan fingerprint density at radius 1 is 1.11 bits per heavy atom. The van der Waals surface area contributed by atoms with Crippen LogP contribution < -0.4 is 5.32 Å². The fraction of sp³-hybridized carbons (Fsp3) is 0.381. The van der Waals surface area contributed by atoms with Crippen LogP contribution >= 0.6 is 11.6 Å². The summed E-state index contributed by atoms with van der Waals surface area (Å²) in [5.41, 5.74) is 2.89. The van der Waals surface area contributed by atoms with E-state index in [1.165, 1.54) is 9.87 Å². The van der Waals surface area contributed by atoms with Gasteiger partial charge in [0, 0.05) is 24.7 Å². The van der Waals surface area contributed by atoms with E-state index in [9.17, 15) is 13.2 Å².